The lowest BCUT2D eigenvalue weighted by molar-refractivity contribution is -0.176. The number of hydrogen-bond acceptors (Lipinski definition) is 4. The van der Waals surface area contributed by atoms with E-state index in [0.717, 1.165) is 19.3 Å². The van der Waals surface area contributed by atoms with Crippen molar-refractivity contribution in [2.24, 2.45) is 46.3 Å². The van der Waals surface area contributed by atoms with Crippen molar-refractivity contribution in [1.29, 1.82) is 0 Å². The molecule has 4 heteroatoms. The maximum absolute atomic E-state index is 11.7. The lowest BCUT2D eigenvalue weighted by Gasteiger charge is -2.62. The molecule has 0 amide bonds. The number of ether oxygens (including phenoxy) is 2. The van der Waals surface area contributed by atoms with Crippen molar-refractivity contribution in [2.75, 3.05) is 14.2 Å². The van der Waals surface area contributed by atoms with E-state index in [-0.39, 0.29) is 12.1 Å². The molecule has 4 nitrogen and oxygen atoms in total. The Morgan fingerprint density at radius 3 is 2.43 bits per heavy atom. The molecule has 0 unspecified atom stereocenters. The number of aliphatic hydroxyl groups is 1. The van der Waals surface area contributed by atoms with E-state index in [0.29, 0.717) is 58.9 Å². The zero-order chi connectivity index (χ0) is 21.7. The summed E-state index contributed by atoms with van der Waals surface area (Å²) in [6, 6.07) is 0. The Labute approximate surface area is 183 Å². The average molecular weight is 421 g/mol. The van der Waals surface area contributed by atoms with Crippen LogP contribution in [0.2, 0.25) is 0 Å². The van der Waals surface area contributed by atoms with Gasteiger partial charge < -0.3 is 14.6 Å². The Bertz CT molecular complexity index is 635. The van der Waals surface area contributed by atoms with Gasteiger partial charge in [-0.2, -0.15) is 0 Å². The van der Waals surface area contributed by atoms with Crippen LogP contribution in [0.5, 0.6) is 0 Å². The molecule has 0 aromatic carbocycles. The van der Waals surface area contributed by atoms with E-state index in [9.17, 15) is 9.90 Å². The van der Waals surface area contributed by atoms with Gasteiger partial charge in [-0.3, -0.25) is 4.79 Å². The second kappa shape index (κ2) is 8.39. The molecule has 172 valence electrons. The first-order valence-corrected chi connectivity index (χ1v) is 12.5. The third-order valence-corrected chi connectivity index (χ3v) is 10.8. The van der Waals surface area contributed by atoms with Gasteiger partial charge in [0.05, 0.1) is 19.3 Å². The number of esters is 1. The van der Waals surface area contributed by atoms with Crippen LogP contribution < -0.4 is 0 Å². The number of fused-ring (bicyclic) bond motifs is 5. The third kappa shape index (κ3) is 3.54. The lowest BCUT2D eigenvalue weighted by atomic mass is 9.43. The molecule has 0 spiro atoms. The van der Waals surface area contributed by atoms with Crippen molar-refractivity contribution in [3.63, 3.8) is 0 Å². The topological polar surface area (TPSA) is 55.8 Å². The SMILES string of the molecule is COC(=O)CC[C@@H](C)[C@H]1CC[C@H]2[C@@H]3[C@H](O)C[C@@H]4C[C@H](OC)CC[C@]4(C)[C@H]3CC[C@]12C. The normalized spacial score (nSPS) is 48.9. The van der Waals surface area contributed by atoms with Gasteiger partial charge >= 0.3 is 5.97 Å². The van der Waals surface area contributed by atoms with Crippen molar-refractivity contribution in [3.8, 4) is 0 Å². The number of carbonyl (C=O) groups is 1. The average Bonchev–Trinajstić information content (AvgIpc) is 3.09. The monoisotopic (exact) mass is 420 g/mol. The number of hydrogen-bond donors (Lipinski definition) is 1. The highest BCUT2D eigenvalue weighted by molar-refractivity contribution is 5.69. The van der Waals surface area contributed by atoms with E-state index in [1.807, 2.05) is 7.11 Å². The molecule has 30 heavy (non-hydrogen) atoms. The molecule has 0 aliphatic heterocycles. The van der Waals surface area contributed by atoms with E-state index < -0.39 is 0 Å². The lowest BCUT2D eigenvalue weighted by Crippen LogP contribution is -2.58. The molecular weight excluding hydrogens is 376 g/mol. The summed E-state index contributed by atoms with van der Waals surface area (Å²) >= 11 is 0. The van der Waals surface area contributed by atoms with E-state index in [1.165, 1.54) is 45.6 Å². The minimum Gasteiger partial charge on any atom is -0.469 e. The van der Waals surface area contributed by atoms with Crippen LogP contribution in [0.1, 0.15) is 85.0 Å². The second-order valence-corrected chi connectivity index (χ2v) is 11.7. The standard InChI is InChI=1S/C26H44O4/c1-16(6-9-23(28)30-5)19-7-8-20-24-21(11-13-26(19,20)3)25(2)12-10-18(29-4)14-17(25)15-22(24)27/h16-22,24,27H,6-15H2,1-5H3/t16-,17+,18-,19-,20+,21+,22-,24+,25+,26-/m1/s1. The summed E-state index contributed by atoms with van der Waals surface area (Å²) in [4.78, 5) is 11.7. The Hall–Kier alpha value is -0.610. The number of rotatable bonds is 5. The van der Waals surface area contributed by atoms with Crippen LogP contribution >= 0.6 is 0 Å². The van der Waals surface area contributed by atoms with Gasteiger partial charge in [-0.1, -0.05) is 20.8 Å². The number of methoxy groups -OCH3 is 2. The van der Waals surface area contributed by atoms with Gasteiger partial charge in [0.25, 0.3) is 0 Å². The van der Waals surface area contributed by atoms with Gasteiger partial charge in [-0.15, -0.1) is 0 Å². The first-order valence-electron chi connectivity index (χ1n) is 12.5. The molecule has 0 aromatic rings. The Balaban J connectivity index is 1.52. The Kier molecular flexibility index (Phi) is 6.31. The highest BCUT2D eigenvalue weighted by Crippen LogP contribution is 2.68. The van der Waals surface area contributed by atoms with Crippen molar-refractivity contribution >= 4 is 5.97 Å². The molecule has 4 aliphatic carbocycles. The molecule has 4 aliphatic rings. The summed E-state index contributed by atoms with van der Waals surface area (Å²) in [7, 11) is 3.33. The van der Waals surface area contributed by atoms with Gasteiger partial charge in [-0.05, 0) is 104 Å². The highest BCUT2D eigenvalue weighted by atomic mass is 16.5. The van der Waals surface area contributed by atoms with Crippen molar-refractivity contribution < 1.29 is 19.4 Å². The van der Waals surface area contributed by atoms with Gasteiger partial charge in [0, 0.05) is 13.5 Å². The summed E-state index contributed by atoms with van der Waals surface area (Å²) < 4.78 is 10.6. The van der Waals surface area contributed by atoms with E-state index in [4.69, 9.17) is 9.47 Å². The molecule has 0 radical (unpaired) electrons. The number of carbonyl (C=O) groups excluding carboxylic acids is 1. The molecule has 0 bridgehead atoms. The molecule has 4 saturated carbocycles. The summed E-state index contributed by atoms with van der Waals surface area (Å²) in [6.07, 6.45) is 11.3. The van der Waals surface area contributed by atoms with Gasteiger partial charge in [-0.25, -0.2) is 0 Å². The van der Waals surface area contributed by atoms with Crippen molar-refractivity contribution in [1.82, 2.24) is 0 Å². The fourth-order valence-electron chi connectivity index (χ4n) is 9.02. The minimum atomic E-state index is -0.155. The van der Waals surface area contributed by atoms with Crippen LogP contribution in [0.15, 0.2) is 0 Å². The Morgan fingerprint density at radius 2 is 1.73 bits per heavy atom. The van der Waals surface area contributed by atoms with Crippen molar-refractivity contribution in [2.45, 2.75) is 97.2 Å². The summed E-state index contributed by atoms with van der Waals surface area (Å²) in [5.74, 6) is 3.47. The molecular formula is C26H44O4. The zero-order valence-corrected chi connectivity index (χ0v) is 19.9. The van der Waals surface area contributed by atoms with Crippen LogP contribution in [0, 0.1) is 46.3 Å². The molecule has 1 N–H and O–H groups in total. The van der Waals surface area contributed by atoms with E-state index in [1.54, 1.807) is 0 Å². The Morgan fingerprint density at radius 1 is 1.03 bits per heavy atom. The van der Waals surface area contributed by atoms with Crippen LogP contribution in [0.25, 0.3) is 0 Å². The van der Waals surface area contributed by atoms with Crippen LogP contribution in [0.3, 0.4) is 0 Å². The molecule has 0 heterocycles. The molecule has 0 aromatic heterocycles. The summed E-state index contributed by atoms with van der Waals surface area (Å²) in [5, 5.41) is 11.4. The molecule has 4 fully saturated rings. The largest absolute Gasteiger partial charge is 0.469 e. The first-order chi connectivity index (χ1) is 14.2. The van der Waals surface area contributed by atoms with Crippen molar-refractivity contribution in [3.05, 3.63) is 0 Å². The fraction of sp³-hybridized carbons (Fsp3) is 0.962. The highest BCUT2D eigenvalue weighted by Gasteiger charge is 2.62. The molecule has 10 atom stereocenters. The van der Waals surface area contributed by atoms with E-state index >= 15 is 0 Å². The van der Waals surface area contributed by atoms with E-state index in [2.05, 4.69) is 20.8 Å². The third-order valence-electron chi connectivity index (χ3n) is 10.8. The number of aliphatic hydroxyl groups excluding tert-OH is 1. The smallest absolute Gasteiger partial charge is 0.305 e. The van der Waals surface area contributed by atoms with Crippen LogP contribution in [-0.2, 0) is 14.3 Å². The summed E-state index contributed by atoms with van der Waals surface area (Å²) in [6.45, 7) is 7.40. The van der Waals surface area contributed by atoms with Gasteiger partial charge in [0.2, 0.25) is 0 Å². The predicted octanol–water partition coefficient (Wildman–Crippen LogP) is 5.22. The van der Waals surface area contributed by atoms with Gasteiger partial charge in [0.1, 0.15) is 0 Å². The fourth-order valence-corrected chi connectivity index (χ4v) is 9.02. The first kappa shape index (κ1) is 22.6. The maximum atomic E-state index is 11.7. The minimum absolute atomic E-state index is 0.0846. The quantitative estimate of drug-likeness (QED) is 0.620. The molecule has 0 saturated heterocycles. The predicted molar refractivity (Wildman–Crippen MR) is 118 cm³/mol. The van der Waals surface area contributed by atoms with Crippen LogP contribution in [0.4, 0.5) is 0 Å². The summed E-state index contributed by atoms with van der Waals surface area (Å²) in [5.41, 5.74) is 0.680. The molecule has 4 rings (SSSR count). The van der Waals surface area contributed by atoms with Crippen LogP contribution in [-0.4, -0.2) is 37.5 Å². The second-order valence-electron chi connectivity index (χ2n) is 11.7. The van der Waals surface area contributed by atoms with Gasteiger partial charge in [0.15, 0.2) is 0 Å². The maximum Gasteiger partial charge on any atom is 0.305 e. The zero-order valence-electron chi connectivity index (χ0n) is 19.9.